The normalized spacial score (nSPS) is 11.9. The average Bonchev–Trinajstić information content (AvgIpc) is 3.16. The number of anilines is 1. The number of rotatable bonds is 11. The third-order valence-corrected chi connectivity index (χ3v) is 5.98. The van der Waals surface area contributed by atoms with Crippen molar-refractivity contribution in [2.24, 2.45) is 5.73 Å². The third kappa shape index (κ3) is 6.25. The molecule has 5 N–H and O–H groups in total. The van der Waals surface area contributed by atoms with E-state index in [0.29, 0.717) is 19.6 Å². The van der Waals surface area contributed by atoms with E-state index in [1.165, 1.54) is 4.90 Å². The van der Waals surface area contributed by atoms with Crippen molar-refractivity contribution in [3.63, 3.8) is 0 Å². The molecule has 0 aliphatic rings. The fourth-order valence-corrected chi connectivity index (χ4v) is 3.86. The molecule has 0 radical (unpaired) electrons. The SMILES string of the molecule is CCN(CC)CCN(C(=O)c1snc(C(N)=O)c1N)[C@H](C)C(=O)NCc1ccccc1. The van der Waals surface area contributed by atoms with Gasteiger partial charge in [0, 0.05) is 19.6 Å². The molecule has 2 rings (SSSR count). The Hall–Kier alpha value is -2.98. The number of aromatic nitrogens is 1. The van der Waals surface area contributed by atoms with Gasteiger partial charge in [-0.3, -0.25) is 14.4 Å². The van der Waals surface area contributed by atoms with Crippen molar-refractivity contribution in [3.05, 3.63) is 46.5 Å². The maximum absolute atomic E-state index is 13.3. The van der Waals surface area contributed by atoms with E-state index in [1.807, 2.05) is 44.2 Å². The van der Waals surface area contributed by atoms with Crippen molar-refractivity contribution >= 4 is 34.9 Å². The van der Waals surface area contributed by atoms with Gasteiger partial charge >= 0.3 is 0 Å². The number of primary amides is 1. The van der Waals surface area contributed by atoms with E-state index in [4.69, 9.17) is 11.5 Å². The first kappa shape index (κ1) is 24.3. The highest BCUT2D eigenvalue weighted by Gasteiger charge is 2.31. The second-order valence-corrected chi connectivity index (χ2v) is 7.82. The summed E-state index contributed by atoms with van der Waals surface area (Å²) in [5, 5.41) is 2.88. The molecule has 1 atom stereocenters. The van der Waals surface area contributed by atoms with E-state index in [2.05, 4.69) is 14.6 Å². The molecule has 1 aromatic carbocycles. The van der Waals surface area contributed by atoms with E-state index in [9.17, 15) is 14.4 Å². The van der Waals surface area contributed by atoms with Gasteiger partial charge < -0.3 is 26.6 Å². The van der Waals surface area contributed by atoms with Crippen LogP contribution in [0, 0.1) is 0 Å². The van der Waals surface area contributed by atoms with Crippen LogP contribution < -0.4 is 16.8 Å². The second-order valence-electron chi connectivity index (χ2n) is 7.04. The van der Waals surface area contributed by atoms with Gasteiger partial charge in [-0.2, -0.15) is 4.37 Å². The molecule has 168 valence electrons. The number of carbonyl (C=O) groups excluding carboxylic acids is 3. The van der Waals surface area contributed by atoms with Crippen LogP contribution >= 0.6 is 11.5 Å². The van der Waals surface area contributed by atoms with Crippen LogP contribution in [-0.2, 0) is 11.3 Å². The van der Waals surface area contributed by atoms with Crippen molar-refractivity contribution in [1.29, 1.82) is 0 Å². The van der Waals surface area contributed by atoms with E-state index >= 15 is 0 Å². The largest absolute Gasteiger partial charge is 0.395 e. The average molecular weight is 447 g/mol. The molecule has 0 bridgehead atoms. The molecule has 10 heteroatoms. The van der Waals surface area contributed by atoms with Gasteiger partial charge in [0.15, 0.2) is 5.69 Å². The summed E-state index contributed by atoms with van der Waals surface area (Å²) in [5.74, 6) is -1.52. The Kier molecular flexibility index (Phi) is 8.95. The molecule has 0 aliphatic heterocycles. The number of hydrogen-bond acceptors (Lipinski definition) is 7. The van der Waals surface area contributed by atoms with Crippen LogP contribution in [0.5, 0.6) is 0 Å². The maximum atomic E-state index is 13.3. The minimum absolute atomic E-state index is 0.0489. The summed E-state index contributed by atoms with van der Waals surface area (Å²) < 4.78 is 3.91. The number of hydrogen-bond donors (Lipinski definition) is 3. The van der Waals surface area contributed by atoms with Crippen LogP contribution in [0.2, 0.25) is 0 Å². The predicted octanol–water partition coefficient (Wildman–Crippen LogP) is 1.31. The predicted molar refractivity (Wildman–Crippen MR) is 122 cm³/mol. The summed E-state index contributed by atoms with van der Waals surface area (Å²) in [5.41, 5.74) is 12.0. The van der Waals surface area contributed by atoms with Crippen LogP contribution in [0.4, 0.5) is 5.69 Å². The molecule has 0 unspecified atom stereocenters. The topological polar surface area (TPSA) is 135 Å². The smallest absolute Gasteiger partial charge is 0.270 e. The van der Waals surface area contributed by atoms with Crippen LogP contribution in [0.3, 0.4) is 0 Å². The van der Waals surface area contributed by atoms with Gasteiger partial charge in [0.1, 0.15) is 10.9 Å². The van der Waals surface area contributed by atoms with Crippen LogP contribution in [0.25, 0.3) is 0 Å². The zero-order valence-electron chi connectivity index (χ0n) is 18.1. The van der Waals surface area contributed by atoms with Crippen molar-refractivity contribution in [2.45, 2.75) is 33.4 Å². The number of nitrogen functional groups attached to an aromatic ring is 1. The highest BCUT2D eigenvalue weighted by Crippen LogP contribution is 2.24. The van der Waals surface area contributed by atoms with E-state index in [-0.39, 0.29) is 22.2 Å². The molecule has 9 nitrogen and oxygen atoms in total. The Bertz CT molecular complexity index is 898. The monoisotopic (exact) mass is 446 g/mol. The minimum atomic E-state index is -0.795. The molecule has 0 saturated carbocycles. The zero-order valence-corrected chi connectivity index (χ0v) is 18.9. The van der Waals surface area contributed by atoms with Crippen LogP contribution in [-0.4, -0.2) is 64.1 Å². The number of nitrogens with one attached hydrogen (secondary N) is 1. The van der Waals surface area contributed by atoms with Crippen LogP contribution in [0.1, 0.15) is 46.5 Å². The Morgan fingerprint density at radius 3 is 2.32 bits per heavy atom. The summed E-state index contributed by atoms with van der Waals surface area (Å²) in [7, 11) is 0. The van der Waals surface area contributed by atoms with Crippen molar-refractivity contribution in [3.8, 4) is 0 Å². The lowest BCUT2D eigenvalue weighted by Crippen LogP contribution is -2.50. The summed E-state index contributed by atoms with van der Waals surface area (Å²) >= 11 is 0.814. The molecular formula is C21H30N6O3S. The zero-order chi connectivity index (χ0) is 23.0. The highest BCUT2D eigenvalue weighted by atomic mass is 32.1. The Balaban J connectivity index is 2.21. The summed E-state index contributed by atoms with van der Waals surface area (Å²) in [6.45, 7) is 8.66. The van der Waals surface area contributed by atoms with Crippen molar-refractivity contribution in [2.75, 3.05) is 31.9 Å². The lowest BCUT2D eigenvalue weighted by molar-refractivity contribution is -0.125. The van der Waals surface area contributed by atoms with Gasteiger partial charge in [-0.15, -0.1) is 0 Å². The number of carbonyl (C=O) groups is 3. The molecule has 0 aliphatic carbocycles. The summed E-state index contributed by atoms with van der Waals surface area (Å²) in [6, 6.07) is 8.78. The Morgan fingerprint density at radius 1 is 1.13 bits per heavy atom. The Labute approximate surface area is 186 Å². The van der Waals surface area contributed by atoms with Gasteiger partial charge in [0.2, 0.25) is 5.91 Å². The third-order valence-electron chi connectivity index (χ3n) is 5.12. The molecule has 0 spiro atoms. The summed E-state index contributed by atoms with van der Waals surface area (Å²) in [4.78, 5) is 41.3. The molecule has 0 saturated heterocycles. The van der Waals surface area contributed by atoms with Gasteiger partial charge in [0.05, 0.1) is 5.69 Å². The molecule has 1 heterocycles. The van der Waals surface area contributed by atoms with E-state index < -0.39 is 17.9 Å². The number of nitrogens with two attached hydrogens (primary N) is 2. The van der Waals surface area contributed by atoms with E-state index in [0.717, 1.165) is 30.2 Å². The van der Waals surface area contributed by atoms with Crippen molar-refractivity contribution < 1.29 is 14.4 Å². The lowest BCUT2D eigenvalue weighted by Gasteiger charge is -2.30. The van der Waals surface area contributed by atoms with Crippen molar-refractivity contribution in [1.82, 2.24) is 19.5 Å². The number of nitrogens with zero attached hydrogens (tertiary/aromatic N) is 3. The quantitative estimate of drug-likeness (QED) is 0.476. The van der Waals surface area contributed by atoms with Crippen LogP contribution in [0.15, 0.2) is 30.3 Å². The molecule has 1 aromatic heterocycles. The van der Waals surface area contributed by atoms with Gasteiger partial charge in [-0.05, 0) is 37.1 Å². The standard InChI is InChI=1S/C21H30N6O3S/c1-4-26(5-2)11-12-27(21(30)18-16(22)17(19(23)28)25-31-18)14(3)20(29)24-13-15-9-7-6-8-10-15/h6-10,14H,4-5,11-13,22H2,1-3H3,(H2,23,28)(H,24,29)/t14-/m1/s1. The lowest BCUT2D eigenvalue weighted by atomic mass is 10.2. The molecule has 2 aromatic rings. The first-order valence-electron chi connectivity index (χ1n) is 10.2. The summed E-state index contributed by atoms with van der Waals surface area (Å²) in [6.07, 6.45) is 0. The number of likely N-dealkylation sites (N-methyl/N-ethyl adjacent to an activating group) is 1. The fourth-order valence-electron chi connectivity index (χ4n) is 3.09. The second kappa shape index (κ2) is 11.4. The maximum Gasteiger partial charge on any atom is 0.270 e. The van der Waals surface area contributed by atoms with Gasteiger partial charge in [0.25, 0.3) is 11.8 Å². The van der Waals surface area contributed by atoms with Gasteiger partial charge in [-0.1, -0.05) is 44.2 Å². The fraction of sp³-hybridized carbons (Fsp3) is 0.429. The number of amides is 3. The first-order valence-corrected chi connectivity index (χ1v) is 11.0. The molecule has 0 fully saturated rings. The molecule has 3 amide bonds. The van der Waals surface area contributed by atoms with E-state index in [1.54, 1.807) is 6.92 Å². The van der Waals surface area contributed by atoms with Gasteiger partial charge in [-0.25, -0.2) is 0 Å². The highest BCUT2D eigenvalue weighted by molar-refractivity contribution is 7.09. The number of benzene rings is 1. The first-order chi connectivity index (χ1) is 14.8. The Morgan fingerprint density at radius 2 is 1.77 bits per heavy atom. The molecule has 31 heavy (non-hydrogen) atoms. The minimum Gasteiger partial charge on any atom is -0.395 e. The molecular weight excluding hydrogens is 416 g/mol.